The zero-order chi connectivity index (χ0) is 25.1. The van der Waals surface area contributed by atoms with Gasteiger partial charge in [0, 0.05) is 36.2 Å². The van der Waals surface area contributed by atoms with Crippen LogP contribution in [0.25, 0.3) is 16.9 Å². The largest absolute Gasteiger partial charge is 0.324 e. The Labute approximate surface area is 205 Å². The van der Waals surface area contributed by atoms with Gasteiger partial charge in [0.15, 0.2) is 11.5 Å². The van der Waals surface area contributed by atoms with E-state index in [0.717, 1.165) is 18.5 Å². The van der Waals surface area contributed by atoms with Crippen LogP contribution in [-0.4, -0.2) is 54.1 Å². The number of likely N-dealkylation sites (N-methyl/N-ethyl adjacent to an activating group) is 1. The second-order valence-electron chi connectivity index (χ2n) is 10.9. The van der Waals surface area contributed by atoms with E-state index in [0.29, 0.717) is 28.8 Å². The Bertz CT molecular complexity index is 1450. The van der Waals surface area contributed by atoms with Gasteiger partial charge in [0.2, 0.25) is 5.95 Å². The summed E-state index contributed by atoms with van der Waals surface area (Å²) in [6.07, 6.45) is 5.65. The van der Waals surface area contributed by atoms with Gasteiger partial charge < -0.3 is 10.2 Å². The van der Waals surface area contributed by atoms with Crippen molar-refractivity contribution in [2.75, 3.05) is 19.4 Å². The van der Waals surface area contributed by atoms with Crippen LogP contribution in [-0.2, 0) is 18.4 Å². The maximum atomic E-state index is 13.3. The number of hydrogen-bond acceptors (Lipinski definition) is 6. The standard InChI is InChI=1S/C26H34N8O/c1-16(2)33-24(35)21-15-27-25(28-19-9-8-17-13-20(31(6)7)14-18(17)12-19)29-23(21)34(33)22-10-11-32(30-22)26(3,4)5/h8-12,15-16,20H,13-14H2,1-7H3,(H,27,28,29). The van der Waals surface area contributed by atoms with Crippen molar-refractivity contribution in [3.05, 3.63) is 58.1 Å². The minimum Gasteiger partial charge on any atom is -0.324 e. The van der Waals surface area contributed by atoms with Crippen LogP contribution in [0.4, 0.5) is 11.6 Å². The molecule has 0 radical (unpaired) electrons. The molecule has 0 aliphatic heterocycles. The predicted molar refractivity (Wildman–Crippen MR) is 139 cm³/mol. The number of hydrogen-bond donors (Lipinski definition) is 1. The Morgan fingerprint density at radius 1 is 1.11 bits per heavy atom. The highest BCUT2D eigenvalue weighted by Crippen LogP contribution is 2.28. The van der Waals surface area contributed by atoms with Crippen molar-refractivity contribution in [1.29, 1.82) is 0 Å². The highest BCUT2D eigenvalue weighted by atomic mass is 16.1. The van der Waals surface area contributed by atoms with Crippen LogP contribution in [0.3, 0.4) is 0 Å². The van der Waals surface area contributed by atoms with E-state index in [1.165, 1.54) is 11.1 Å². The third-order valence-electron chi connectivity index (χ3n) is 6.70. The first-order valence-corrected chi connectivity index (χ1v) is 12.1. The lowest BCUT2D eigenvalue weighted by atomic mass is 10.1. The molecule has 35 heavy (non-hydrogen) atoms. The fourth-order valence-corrected chi connectivity index (χ4v) is 4.71. The monoisotopic (exact) mass is 474 g/mol. The van der Waals surface area contributed by atoms with E-state index in [9.17, 15) is 4.79 Å². The van der Waals surface area contributed by atoms with Crippen molar-refractivity contribution < 1.29 is 0 Å². The molecule has 9 nitrogen and oxygen atoms in total. The van der Waals surface area contributed by atoms with Gasteiger partial charge in [-0.3, -0.25) is 9.48 Å². The molecule has 0 spiro atoms. The lowest BCUT2D eigenvalue weighted by Crippen LogP contribution is -2.27. The quantitative estimate of drug-likeness (QED) is 0.472. The molecular weight excluding hydrogens is 440 g/mol. The number of nitrogens with one attached hydrogen (secondary N) is 1. The maximum absolute atomic E-state index is 13.3. The molecule has 0 fully saturated rings. The topological polar surface area (TPSA) is 85.8 Å². The average Bonchev–Trinajstić information content (AvgIpc) is 3.49. The van der Waals surface area contributed by atoms with Gasteiger partial charge in [0.25, 0.3) is 5.56 Å². The third kappa shape index (κ3) is 4.14. The molecule has 0 saturated heterocycles. The minimum atomic E-state index is -0.176. The van der Waals surface area contributed by atoms with Crippen molar-refractivity contribution in [2.24, 2.45) is 0 Å². The van der Waals surface area contributed by atoms with E-state index >= 15 is 0 Å². The number of benzene rings is 1. The van der Waals surface area contributed by atoms with Crippen molar-refractivity contribution >= 4 is 22.7 Å². The summed E-state index contributed by atoms with van der Waals surface area (Å²) < 4.78 is 5.40. The summed E-state index contributed by atoms with van der Waals surface area (Å²) >= 11 is 0. The second-order valence-corrected chi connectivity index (χ2v) is 10.9. The summed E-state index contributed by atoms with van der Waals surface area (Å²) in [6, 6.07) is 8.82. The summed E-state index contributed by atoms with van der Waals surface area (Å²) in [5.74, 6) is 1.10. The molecule has 0 bridgehead atoms. The van der Waals surface area contributed by atoms with Gasteiger partial charge in [-0.05, 0) is 84.8 Å². The van der Waals surface area contributed by atoms with Gasteiger partial charge in [-0.1, -0.05) is 6.07 Å². The molecule has 0 amide bonds. The SMILES string of the molecule is CC(C)n1c(=O)c2cnc(Nc3ccc4c(c3)CC(N(C)C)C4)nc2n1-c1ccn(C(C)(C)C)n1. The normalized spacial score (nSPS) is 16.0. The van der Waals surface area contributed by atoms with E-state index in [1.54, 1.807) is 10.9 Å². The van der Waals surface area contributed by atoms with Crippen molar-refractivity contribution in [3.8, 4) is 5.82 Å². The van der Waals surface area contributed by atoms with Crippen LogP contribution in [0.2, 0.25) is 0 Å². The Morgan fingerprint density at radius 3 is 2.51 bits per heavy atom. The molecule has 4 aromatic rings. The number of rotatable bonds is 5. The summed E-state index contributed by atoms with van der Waals surface area (Å²) in [4.78, 5) is 24.8. The van der Waals surface area contributed by atoms with E-state index in [2.05, 4.69) is 68.3 Å². The maximum Gasteiger partial charge on any atom is 0.278 e. The molecule has 1 N–H and O–H groups in total. The van der Waals surface area contributed by atoms with E-state index in [-0.39, 0.29) is 17.1 Å². The van der Waals surface area contributed by atoms with Gasteiger partial charge in [-0.15, -0.1) is 0 Å². The molecule has 3 aromatic heterocycles. The molecule has 1 aliphatic rings. The molecule has 1 aromatic carbocycles. The summed E-state index contributed by atoms with van der Waals surface area (Å²) in [6.45, 7) is 10.2. The number of fused-ring (bicyclic) bond motifs is 2. The molecule has 5 rings (SSSR count). The first-order chi connectivity index (χ1) is 16.5. The fraction of sp³-hybridized carbons (Fsp3) is 0.462. The van der Waals surface area contributed by atoms with Crippen LogP contribution in [0.15, 0.2) is 41.5 Å². The highest BCUT2D eigenvalue weighted by Gasteiger charge is 2.24. The molecule has 0 saturated carbocycles. The fourth-order valence-electron chi connectivity index (χ4n) is 4.71. The Morgan fingerprint density at radius 2 is 1.86 bits per heavy atom. The molecule has 1 atom stereocenters. The smallest absolute Gasteiger partial charge is 0.278 e. The second kappa shape index (κ2) is 8.34. The molecule has 184 valence electrons. The molecule has 9 heteroatoms. The van der Waals surface area contributed by atoms with Crippen molar-refractivity contribution in [2.45, 2.75) is 65.1 Å². The third-order valence-corrected chi connectivity index (χ3v) is 6.70. The minimum absolute atomic E-state index is 0.0748. The summed E-state index contributed by atoms with van der Waals surface area (Å²) in [5, 5.41) is 8.59. The Kier molecular flexibility index (Phi) is 5.55. The predicted octanol–water partition coefficient (Wildman–Crippen LogP) is 3.89. The van der Waals surface area contributed by atoms with E-state index in [4.69, 9.17) is 10.1 Å². The van der Waals surface area contributed by atoms with Crippen LogP contribution in [0.5, 0.6) is 0 Å². The average molecular weight is 475 g/mol. The molecule has 1 aliphatic carbocycles. The zero-order valence-electron chi connectivity index (χ0n) is 21.6. The van der Waals surface area contributed by atoms with Gasteiger partial charge in [-0.25, -0.2) is 14.3 Å². The van der Waals surface area contributed by atoms with E-state index < -0.39 is 0 Å². The van der Waals surface area contributed by atoms with Crippen molar-refractivity contribution in [1.82, 2.24) is 34.0 Å². The van der Waals surface area contributed by atoms with Crippen LogP contribution in [0, 0.1) is 0 Å². The van der Waals surface area contributed by atoms with Crippen LogP contribution >= 0.6 is 0 Å². The Hall–Kier alpha value is -3.46. The van der Waals surface area contributed by atoms with Crippen LogP contribution in [0.1, 0.15) is 51.8 Å². The van der Waals surface area contributed by atoms with Gasteiger partial charge >= 0.3 is 0 Å². The Balaban J connectivity index is 1.55. The summed E-state index contributed by atoms with van der Waals surface area (Å²) in [5.41, 5.74) is 3.92. The molecular formula is C26H34N8O. The first kappa shape index (κ1) is 23.3. The lowest BCUT2D eigenvalue weighted by molar-refractivity contribution is 0.303. The molecule has 3 heterocycles. The number of anilines is 2. The molecule has 1 unspecified atom stereocenters. The number of aromatic nitrogens is 6. The first-order valence-electron chi connectivity index (χ1n) is 12.1. The van der Waals surface area contributed by atoms with Gasteiger partial charge in [0.05, 0.1) is 5.54 Å². The highest BCUT2D eigenvalue weighted by molar-refractivity contribution is 5.77. The van der Waals surface area contributed by atoms with Gasteiger partial charge in [0.1, 0.15) is 5.39 Å². The summed E-state index contributed by atoms with van der Waals surface area (Å²) in [7, 11) is 4.26. The van der Waals surface area contributed by atoms with Gasteiger partial charge in [-0.2, -0.15) is 10.1 Å². The number of nitrogens with zero attached hydrogens (tertiary/aromatic N) is 7. The van der Waals surface area contributed by atoms with Crippen LogP contribution < -0.4 is 10.9 Å². The van der Waals surface area contributed by atoms with E-state index in [1.807, 2.05) is 35.5 Å². The van der Waals surface area contributed by atoms with Crippen molar-refractivity contribution in [3.63, 3.8) is 0 Å². The lowest BCUT2D eigenvalue weighted by Gasteiger charge is -2.19. The zero-order valence-corrected chi connectivity index (χ0v) is 21.6.